The van der Waals surface area contributed by atoms with Crippen LogP contribution in [-0.2, 0) is 0 Å². The number of H-pyrrole nitrogens is 1. The largest absolute Gasteiger partial charge is 0.360 e. The lowest BCUT2D eigenvalue weighted by molar-refractivity contribution is 0.0961. The minimum atomic E-state index is -0.399. The van der Waals surface area contributed by atoms with Gasteiger partial charge in [0.05, 0.1) is 6.04 Å². The van der Waals surface area contributed by atoms with E-state index < -0.39 is 6.04 Å². The van der Waals surface area contributed by atoms with Crippen molar-refractivity contribution in [3.8, 4) is 0 Å². The molecule has 3 heteroatoms. The second kappa shape index (κ2) is 3.87. The van der Waals surface area contributed by atoms with Gasteiger partial charge in [-0.15, -0.1) is 0 Å². The highest BCUT2D eigenvalue weighted by Gasteiger charge is 2.16. The first-order valence-corrected chi connectivity index (χ1v) is 5.10. The molecule has 0 bridgehead atoms. The van der Waals surface area contributed by atoms with E-state index >= 15 is 0 Å². The number of ketones is 1. The molecule has 2 rings (SSSR count). The number of carbonyl (C=O) groups is 1. The van der Waals surface area contributed by atoms with Gasteiger partial charge in [-0.3, -0.25) is 4.79 Å². The minimum absolute atomic E-state index is 0.00921. The molecular formula is C12H14N2O. The maximum absolute atomic E-state index is 11.9. The van der Waals surface area contributed by atoms with Gasteiger partial charge in [0.2, 0.25) is 0 Å². The average Bonchev–Trinajstić information content (AvgIpc) is 2.70. The third-order valence-electron chi connectivity index (χ3n) is 2.63. The molecule has 2 aromatic rings. The topological polar surface area (TPSA) is 58.9 Å². The third-order valence-corrected chi connectivity index (χ3v) is 2.63. The Morgan fingerprint density at radius 3 is 2.93 bits per heavy atom. The number of hydrogen-bond donors (Lipinski definition) is 2. The summed E-state index contributed by atoms with van der Waals surface area (Å²) in [5.41, 5.74) is 7.41. The second-order valence-electron chi connectivity index (χ2n) is 3.63. The summed E-state index contributed by atoms with van der Waals surface area (Å²) in [6.07, 6.45) is 2.40. The van der Waals surface area contributed by atoms with Crippen LogP contribution in [0, 0.1) is 0 Å². The zero-order valence-electron chi connectivity index (χ0n) is 8.66. The Morgan fingerprint density at radius 1 is 1.47 bits per heavy atom. The number of hydrogen-bond acceptors (Lipinski definition) is 2. The van der Waals surface area contributed by atoms with Crippen LogP contribution in [0.25, 0.3) is 10.9 Å². The fourth-order valence-corrected chi connectivity index (χ4v) is 1.66. The summed E-state index contributed by atoms with van der Waals surface area (Å²) in [6, 6.07) is 7.34. The Balaban J connectivity index is 2.48. The van der Waals surface area contributed by atoms with Crippen LogP contribution in [0.15, 0.2) is 30.5 Å². The van der Waals surface area contributed by atoms with Gasteiger partial charge < -0.3 is 10.7 Å². The van der Waals surface area contributed by atoms with Crippen molar-refractivity contribution in [3.63, 3.8) is 0 Å². The van der Waals surface area contributed by atoms with E-state index in [1.165, 1.54) is 0 Å². The Labute approximate surface area is 88.3 Å². The highest BCUT2D eigenvalue weighted by molar-refractivity contribution is 6.10. The molecule has 1 aromatic heterocycles. The molecule has 1 aromatic carbocycles. The number of carbonyl (C=O) groups excluding carboxylic acids is 1. The van der Waals surface area contributed by atoms with E-state index in [-0.39, 0.29) is 5.78 Å². The summed E-state index contributed by atoms with van der Waals surface area (Å²) in [5, 5.41) is 0.950. The maximum Gasteiger partial charge on any atom is 0.181 e. The van der Waals surface area contributed by atoms with Gasteiger partial charge in [0.1, 0.15) is 0 Å². The Kier molecular flexibility index (Phi) is 2.56. The van der Waals surface area contributed by atoms with Crippen LogP contribution in [0.1, 0.15) is 23.7 Å². The lowest BCUT2D eigenvalue weighted by Gasteiger charge is -2.05. The molecule has 3 nitrogen and oxygen atoms in total. The second-order valence-corrected chi connectivity index (χ2v) is 3.63. The van der Waals surface area contributed by atoms with E-state index in [9.17, 15) is 4.79 Å². The standard InChI is InChI=1S/C12H14N2O/c1-2-10(13)12(15)9-7-14-11-6-4-3-5-8(9)11/h3-7,10,14H,2,13H2,1H3. The molecule has 15 heavy (non-hydrogen) atoms. The van der Waals surface area contributed by atoms with E-state index in [0.29, 0.717) is 12.0 Å². The Morgan fingerprint density at radius 2 is 2.20 bits per heavy atom. The molecule has 0 aliphatic rings. The number of benzene rings is 1. The lowest BCUT2D eigenvalue weighted by Crippen LogP contribution is -2.29. The first-order valence-electron chi connectivity index (χ1n) is 5.10. The van der Waals surface area contributed by atoms with Gasteiger partial charge in [-0.2, -0.15) is 0 Å². The van der Waals surface area contributed by atoms with Crippen LogP contribution >= 0.6 is 0 Å². The van der Waals surface area contributed by atoms with Crippen LogP contribution in [0.5, 0.6) is 0 Å². The van der Waals surface area contributed by atoms with E-state index in [0.717, 1.165) is 10.9 Å². The predicted octanol–water partition coefficient (Wildman–Crippen LogP) is 2.09. The first-order chi connectivity index (χ1) is 7.24. The van der Waals surface area contributed by atoms with Gasteiger partial charge in [-0.1, -0.05) is 25.1 Å². The van der Waals surface area contributed by atoms with Gasteiger partial charge in [-0.05, 0) is 12.5 Å². The number of rotatable bonds is 3. The predicted molar refractivity (Wildman–Crippen MR) is 60.9 cm³/mol. The van der Waals surface area contributed by atoms with Crippen LogP contribution < -0.4 is 5.73 Å². The molecule has 0 radical (unpaired) electrons. The van der Waals surface area contributed by atoms with Crippen LogP contribution in [0.3, 0.4) is 0 Å². The van der Waals surface area contributed by atoms with Crippen LogP contribution in [-0.4, -0.2) is 16.8 Å². The van der Waals surface area contributed by atoms with Crippen LogP contribution in [0.2, 0.25) is 0 Å². The Hall–Kier alpha value is -1.61. The van der Waals surface area contributed by atoms with Crippen molar-refractivity contribution in [1.82, 2.24) is 4.98 Å². The summed E-state index contributed by atoms with van der Waals surface area (Å²) < 4.78 is 0. The van der Waals surface area contributed by atoms with Gasteiger partial charge in [0.15, 0.2) is 5.78 Å². The number of aromatic nitrogens is 1. The number of fused-ring (bicyclic) bond motifs is 1. The SMILES string of the molecule is CCC(N)C(=O)c1c[nH]c2ccccc12. The van der Waals surface area contributed by atoms with Crippen molar-refractivity contribution in [2.45, 2.75) is 19.4 Å². The van der Waals surface area contributed by atoms with E-state index in [1.807, 2.05) is 31.2 Å². The molecule has 3 N–H and O–H groups in total. The van der Waals surface area contributed by atoms with Gasteiger partial charge in [0, 0.05) is 22.7 Å². The highest BCUT2D eigenvalue weighted by Crippen LogP contribution is 2.19. The molecule has 0 amide bonds. The van der Waals surface area contributed by atoms with E-state index in [4.69, 9.17) is 5.73 Å². The summed E-state index contributed by atoms with van der Waals surface area (Å²) in [6.45, 7) is 1.91. The normalized spacial score (nSPS) is 12.9. The van der Waals surface area contributed by atoms with Crippen molar-refractivity contribution in [3.05, 3.63) is 36.0 Å². The summed E-state index contributed by atoms with van der Waals surface area (Å²) in [4.78, 5) is 15.0. The molecule has 0 aliphatic carbocycles. The molecule has 1 heterocycles. The summed E-state index contributed by atoms with van der Waals surface area (Å²) in [5.74, 6) is 0.00921. The van der Waals surface area contributed by atoms with Crippen molar-refractivity contribution in [1.29, 1.82) is 0 Å². The number of aromatic amines is 1. The monoisotopic (exact) mass is 202 g/mol. The van der Waals surface area contributed by atoms with Crippen molar-refractivity contribution >= 4 is 16.7 Å². The molecular weight excluding hydrogens is 188 g/mol. The van der Waals surface area contributed by atoms with Crippen LogP contribution in [0.4, 0.5) is 0 Å². The molecule has 78 valence electrons. The number of para-hydroxylation sites is 1. The smallest absolute Gasteiger partial charge is 0.181 e. The zero-order valence-corrected chi connectivity index (χ0v) is 8.66. The van der Waals surface area contributed by atoms with Crippen molar-refractivity contribution < 1.29 is 4.79 Å². The molecule has 1 unspecified atom stereocenters. The van der Waals surface area contributed by atoms with E-state index in [2.05, 4.69) is 4.98 Å². The first kappa shape index (κ1) is 9.93. The van der Waals surface area contributed by atoms with Crippen molar-refractivity contribution in [2.75, 3.05) is 0 Å². The molecule has 1 atom stereocenters. The fourth-order valence-electron chi connectivity index (χ4n) is 1.66. The average molecular weight is 202 g/mol. The van der Waals surface area contributed by atoms with Crippen molar-refractivity contribution in [2.24, 2.45) is 5.73 Å². The fraction of sp³-hybridized carbons (Fsp3) is 0.250. The molecule has 0 saturated carbocycles. The summed E-state index contributed by atoms with van der Waals surface area (Å²) in [7, 11) is 0. The molecule has 0 fully saturated rings. The van der Waals surface area contributed by atoms with Gasteiger partial charge >= 0.3 is 0 Å². The molecule has 0 saturated heterocycles. The molecule has 0 spiro atoms. The van der Waals surface area contributed by atoms with E-state index in [1.54, 1.807) is 6.20 Å². The zero-order chi connectivity index (χ0) is 10.8. The number of nitrogens with two attached hydrogens (primary N) is 1. The minimum Gasteiger partial charge on any atom is -0.360 e. The summed E-state index contributed by atoms with van der Waals surface area (Å²) >= 11 is 0. The molecule has 0 aliphatic heterocycles. The number of Topliss-reactive ketones (excluding diaryl/α,β-unsaturated/α-hetero) is 1. The lowest BCUT2D eigenvalue weighted by atomic mass is 10.0. The third kappa shape index (κ3) is 1.66. The Bertz CT molecular complexity index is 487. The quantitative estimate of drug-likeness (QED) is 0.749. The maximum atomic E-state index is 11.9. The van der Waals surface area contributed by atoms with Gasteiger partial charge in [-0.25, -0.2) is 0 Å². The number of nitrogens with one attached hydrogen (secondary N) is 1. The highest BCUT2D eigenvalue weighted by atomic mass is 16.1. The van der Waals surface area contributed by atoms with Gasteiger partial charge in [0.25, 0.3) is 0 Å².